The lowest BCUT2D eigenvalue weighted by molar-refractivity contribution is 0.440. The number of aromatic nitrogens is 3. The molecule has 1 unspecified atom stereocenters. The van der Waals surface area contributed by atoms with Gasteiger partial charge in [0.2, 0.25) is 0 Å². The van der Waals surface area contributed by atoms with Crippen LogP contribution in [-0.2, 0) is 7.05 Å². The van der Waals surface area contributed by atoms with Crippen LogP contribution in [0.25, 0.3) is 11.4 Å². The van der Waals surface area contributed by atoms with Gasteiger partial charge in [0.15, 0.2) is 0 Å². The molecule has 3 rings (SSSR count). The first-order valence-electron chi connectivity index (χ1n) is 6.62. The van der Waals surface area contributed by atoms with Crippen LogP contribution in [-0.4, -0.2) is 27.9 Å². The molecule has 2 aromatic rings. The molecule has 0 saturated carbocycles. The first kappa shape index (κ1) is 12.8. The lowest BCUT2D eigenvalue weighted by Gasteiger charge is -2.23. The number of nitrogens with zero attached hydrogens (tertiary/aromatic N) is 3. The van der Waals surface area contributed by atoms with Crippen molar-refractivity contribution in [2.75, 3.05) is 13.1 Å². The van der Waals surface area contributed by atoms with Crippen molar-refractivity contribution < 1.29 is 0 Å². The van der Waals surface area contributed by atoms with E-state index < -0.39 is 0 Å². The van der Waals surface area contributed by atoms with Gasteiger partial charge >= 0.3 is 0 Å². The van der Waals surface area contributed by atoms with Crippen LogP contribution in [0.1, 0.15) is 24.5 Å². The monoisotopic (exact) mass is 320 g/mol. The highest BCUT2D eigenvalue weighted by molar-refractivity contribution is 9.10. The molecule has 1 fully saturated rings. The van der Waals surface area contributed by atoms with E-state index >= 15 is 0 Å². The number of hydrogen-bond donors (Lipinski definition) is 1. The molecule has 100 valence electrons. The minimum absolute atomic E-state index is 0.526. The maximum atomic E-state index is 4.64. The van der Waals surface area contributed by atoms with Crippen molar-refractivity contribution in [3.05, 3.63) is 34.6 Å². The summed E-state index contributed by atoms with van der Waals surface area (Å²) in [4.78, 5) is 4.39. The van der Waals surface area contributed by atoms with Gasteiger partial charge in [0.05, 0.1) is 15.9 Å². The number of pyridine rings is 1. The normalized spacial score (nSPS) is 19.6. The van der Waals surface area contributed by atoms with Crippen LogP contribution in [0.2, 0.25) is 0 Å². The highest BCUT2D eigenvalue weighted by atomic mass is 79.9. The molecular formula is C14H17BrN4. The molecule has 0 radical (unpaired) electrons. The summed E-state index contributed by atoms with van der Waals surface area (Å²) in [6, 6.07) is 5.91. The quantitative estimate of drug-likeness (QED) is 0.925. The van der Waals surface area contributed by atoms with Crippen molar-refractivity contribution >= 4 is 15.9 Å². The SMILES string of the molecule is Cn1nc(-c2ccccn2)c(Br)c1C1CCCNC1. The molecule has 1 aliphatic rings. The summed E-state index contributed by atoms with van der Waals surface area (Å²) in [6.45, 7) is 2.15. The summed E-state index contributed by atoms with van der Waals surface area (Å²) in [5.41, 5.74) is 3.12. The second kappa shape index (κ2) is 5.43. The van der Waals surface area contributed by atoms with Crippen molar-refractivity contribution in [1.29, 1.82) is 0 Å². The second-order valence-electron chi connectivity index (χ2n) is 4.93. The Kier molecular flexibility index (Phi) is 3.66. The van der Waals surface area contributed by atoms with Crippen molar-refractivity contribution in [1.82, 2.24) is 20.1 Å². The van der Waals surface area contributed by atoms with Crippen LogP contribution in [0.4, 0.5) is 0 Å². The number of nitrogens with one attached hydrogen (secondary N) is 1. The summed E-state index contributed by atoms with van der Waals surface area (Å²) in [6.07, 6.45) is 4.24. The van der Waals surface area contributed by atoms with E-state index in [0.29, 0.717) is 5.92 Å². The Morgan fingerprint density at radius 2 is 2.32 bits per heavy atom. The van der Waals surface area contributed by atoms with Crippen molar-refractivity contribution in [3.63, 3.8) is 0 Å². The molecule has 1 aliphatic heterocycles. The lowest BCUT2D eigenvalue weighted by atomic mass is 9.95. The highest BCUT2D eigenvalue weighted by Crippen LogP contribution is 2.35. The third-order valence-corrected chi connectivity index (χ3v) is 4.40. The number of rotatable bonds is 2. The van der Waals surface area contributed by atoms with Crippen LogP contribution < -0.4 is 5.32 Å². The van der Waals surface area contributed by atoms with E-state index in [-0.39, 0.29) is 0 Å². The average molecular weight is 321 g/mol. The van der Waals surface area contributed by atoms with E-state index in [1.807, 2.05) is 29.9 Å². The second-order valence-corrected chi connectivity index (χ2v) is 5.72. The standard InChI is InChI=1S/C14H17BrN4/c1-19-14(10-5-4-7-16-9-10)12(15)13(18-19)11-6-2-3-8-17-11/h2-3,6,8,10,16H,4-5,7,9H2,1H3. The Hall–Kier alpha value is -1.20. The summed E-state index contributed by atoms with van der Waals surface area (Å²) in [7, 11) is 2.02. The zero-order valence-electron chi connectivity index (χ0n) is 10.9. The highest BCUT2D eigenvalue weighted by Gasteiger charge is 2.24. The topological polar surface area (TPSA) is 42.7 Å². The molecule has 0 aromatic carbocycles. The minimum Gasteiger partial charge on any atom is -0.316 e. The van der Waals surface area contributed by atoms with E-state index in [1.165, 1.54) is 18.5 Å². The number of aryl methyl sites for hydroxylation is 1. The van der Waals surface area contributed by atoms with Gasteiger partial charge in [-0.15, -0.1) is 0 Å². The zero-order valence-corrected chi connectivity index (χ0v) is 12.5. The van der Waals surface area contributed by atoms with E-state index in [0.717, 1.165) is 29.0 Å². The third-order valence-electron chi connectivity index (χ3n) is 3.62. The Bertz CT molecular complexity index is 558. The van der Waals surface area contributed by atoms with Gasteiger partial charge in [-0.3, -0.25) is 9.67 Å². The zero-order chi connectivity index (χ0) is 13.2. The first-order chi connectivity index (χ1) is 9.27. The predicted octanol–water partition coefficient (Wildman–Crippen LogP) is 2.71. The van der Waals surface area contributed by atoms with Crippen LogP contribution in [0, 0.1) is 0 Å². The predicted molar refractivity (Wildman–Crippen MR) is 79.0 cm³/mol. The number of hydrogen-bond acceptors (Lipinski definition) is 3. The smallest absolute Gasteiger partial charge is 0.125 e. The van der Waals surface area contributed by atoms with Gasteiger partial charge in [0.25, 0.3) is 0 Å². The van der Waals surface area contributed by atoms with Gasteiger partial charge in [-0.1, -0.05) is 6.07 Å². The molecule has 1 saturated heterocycles. The summed E-state index contributed by atoms with van der Waals surface area (Å²) in [5.74, 6) is 0.526. The molecule has 0 aliphatic carbocycles. The van der Waals surface area contributed by atoms with Crippen molar-refractivity contribution in [3.8, 4) is 11.4 Å². The number of piperidine rings is 1. The van der Waals surface area contributed by atoms with Gasteiger partial charge in [-0.2, -0.15) is 5.10 Å². The fraction of sp³-hybridized carbons (Fsp3) is 0.429. The molecule has 19 heavy (non-hydrogen) atoms. The Balaban J connectivity index is 2.00. The molecule has 5 heteroatoms. The van der Waals surface area contributed by atoms with Crippen molar-refractivity contribution in [2.45, 2.75) is 18.8 Å². The largest absolute Gasteiger partial charge is 0.316 e. The third kappa shape index (κ3) is 2.44. The van der Waals surface area contributed by atoms with Crippen LogP contribution in [0.15, 0.2) is 28.9 Å². The molecule has 4 nitrogen and oxygen atoms in total. The summed E-state index contributed by atoms with van der Waals surface area (Å²) >= 11 is 3.72. The summed E-state index contributed by atoms with van der Waals surface area (Å²) in [5, 5.41) is 8.09. The maximum absolute atomic E-state index is 4.64. The molecule has 1 atom stereocenters. The van der Waals surface area contributed by atoms with Gasteiger partial charge in [0.1, 0.15) is 5.69 Å². The molecule has 1 N–H and O–H groups in total. The Morgan fingerprint density at radius 3 is 3.00 bits per heavy atom. The fourth-order valence-corrected chi connectivity index (χ4v) is 3.57. The molecule has 0 bridgehead atoms. The van der Waals surface area contributed by atoms with Crippen LogP contribution in [0.5, 0.6) is 0 Å². The molecule has 0 amide bonds. The van der Waals surface area contributed by atoms with E-state index in [4.69, 9.17) is 0 Å². The summed E-state index contributed by atoms with van der Waals surface area (Å²) < 4.78 is 3.08. The Morgan fingerprint density at radius 1 is 1.42 bits per heavy atom. The molecular weight excluding hydrogens is 304 g/mol. The van der Waals surface area contributed by atoms with Gasteiger partial charge in [0, 0.05) is 25.7 Å². The van der Waals surface area contributed by atoms with Crippen LogP contribution in [0.3, 0.4) is 0 Å². The van der Waals surface area contributed by atoms with Gasteiger partial charge < -0.3 is 5.32 Å². The first-order valence-corrected chi connectivity index (χ1v) is 7.41. The minimum atomic E-state index is 0.526. The maximum Gasteiger partial charge on any atom is 0.125 e. The van der Waals surface area contributed by atoms with E-state index in [9.17, 15) is 0 Å². The van der Waals surface area contributed by atoms with Gasteiger partial charge in [-0.25, -0.2) is 0 Å². The van der Waals surface area contributed by atoms with E-state index in [2.05, 4.69) is 31.3 Å². The lowest BCUT2D eigenvalue weighted by Crippen LogP contribution is -2.29. The van der Waals surface area contributed by atoms with Gasteiger partial charge in [-0.05, 0) is 47.4 Å². The molecule has 3 heterocycles. The fourth-order valence-electron chi connectivity index (χ4n) is 2.71. The molecule has 0 spiro atoms. The van der Waals surface area contributed by atoms with Crippen molar-refractivity contribution in [2.24, 2.45) is 7.05 Å². The average Bonchev–Trinajstić information content (AvgIpc) is 2.76. The number of halogens is 1. The molecule has 2 aromatic heterocycles. The Labute approximate surface area is 121 Å². The van der Waals surface area contributed by atoms with Crippen LogP contribution >= 0.6 is 15.9 Å². The van der Waals surface area contributed by atoms with E-state index in [1.54, 1.807) is 6.20 Å².